The number of aromatic hydroxyl groups is 1. The van der Waals surface area contributed by atoms with Crippen LogP contribution in [0.2, 0.25) is 0 Å². The van der Waals surface area contributed by atoms with Gasteiger partial charge in [-0.25, -0.2) is 4.39 Å². The first-order chi connectivity index (χ1) is 9.98. The second-order valence-electron chi connectivity index (χ2n) is 4.46. The number of alkyl halides is 6. The lowest BCUT2D eigenvalue weighted by Crippen LogP contribution is -2.06. The predicted molar refractivity (Wildman–Crippen MR) is 63.5 cm³/mol. The Morgan fingerprint density at radius 1 is 0.727 bits per heavy atom. The molecule has 0 radical (unpaired) electrons. The third-order valence-electron chi connectivity index (χ3n) is 2.85. The van der Waals surface area contributed by atoms with Crippen molar-refractivity contribution in [2.24, 2.45) is 0 Å². The first-order valence-corrected chi connectivity index (χ1v) is 5.77. The quantitative estimate of drug-likeness (QED) is 0.712. The fraction of sp³-hybridized carbons (Fsp3) is 0.143. The number of phenolic OH excluding ortho intramolecular Hbond substituents is 1. The number of hydrogen-bond donors (Lipinski definition) is 1. The van der Waals surface area contributed by atoms with Crippen LogP contribution in [0.3, 0.4) is 0 Å². The average Bonchev–Trinajstić information content (AvgIpc) is 2.35. The van der Waals surface area contributed by atoms with Crippen LogP contribution in [0.1, 0.15) is 11.1 Å². The molecule has 0 bridgehead atoms. The fourth-order valence-corrected chi connectivity index (χ4v) is 1.86. The van der Waals surface area contributed by atoms with Crippen LogP contribution in [0.5, 0.6) is 5.75 Å². The smallest absolute Gasteiger partial charge is 0.416 e. The SMILES string of the molecule is Oc1cc(-c2ccc(C(F)(F)F)cc2F)cc(C(F)(F)F)c1. The van der Waals surface area contributed by atoms with Crippen molar-refractivity contribution in [3.05, 3.63) is 53.3 Å². The third-order valence-corrected chi connectivity index (χ3v) is 2.85. The molecule has 118 valence electrons. The molecule has 0 heterocycles. The Hall–Kier alpha value is -2.25. The van der Waals surface area contributed by atoms with E-state index in [-0.39, 0.29) is 11.6 Å². The Balaban J connectivity index is 2.55. The molecule has 22 heavy (non-hydrogen) atoms. The van der Waals surface area contributed by atoms with Crippen molar-refractivity contribution in [1.29, 1.82) is 0 Å². The highest BCUT2D eigenvalue weighted by molar-refractivity contribution is 5.67. The van der Waals surface area contributed by atoms with Crippen molar-refractivity contribution >= 4 is 0 Å². The molecule has 0 amide bonds. The van der Waals surface area contributed by atoms with Gasteiger partial charge in [0, 0.05) is 5.56 Å². The van der Waals surface area contributed by atoms with Gasteiger partial charge in [0.2, 0.25) is 0 Å². The van der Waals surface area contributed by atoms with E-state index in [4.69, 9.17) is 0 Å². The molecule has 0 aliphatic carbocycles. The summed E-state index contributed by atoms with van der Waals surface area (Å²) >= 11 is 0. The second kappa shape index (κ2) is 5.19. The first kappa shape index (κ1) is 16.1. The molecular formula is C14H7F7O. The Kier molecular flexibility index (Phi) is 3.80. The second-order valence-corrected chi connectivity index (χ2v) is 4.46. The van der Waals surface area contributed by atoms with Gasteiger partial charge in [0.15, 0.2) is 0 Å². The Morgan fingerprint density at radius 3 is 1.82 bits per heavy atom. The van der Waals surface area contributed by atoms with Gasteiger partial charge in [-0.1, -0.05) is 6.07 Å². The first-order valence-electron chi connectivity index (χ1n) is 5.77. The highest BCUT2D eigenvalue weighted by atomic mass is 19.4. The number of rotatable bonds is 1. The minimum atomic E-state index is -4.78. The average molecular weight is 324 g/mol. The summed E-state index contributed by atoms with van der Waals surface area (Å²) in [6.45, 7) is 0. The summed E-state index contributed by atoms with van der Waals surface area (Å²) in [6.07, 6.45) is -9.55. The number of hydrogen-bond acceptors (Lipinski definition) is 1. The van der Waals surface area contributed by atoms with E-state index in [0.29, 0.717) is 24.3 Å². The molecule has 0 aromatic heterocycles. The van der Waals surface area contributed by atoms with Crippen LogP contribution in [-0.4, -0.2) is 5.11 Å². The fourth-order valence-electron chi connectivity index (χ4n) is 1.86. The topological polar surface area (TPSA) is 20.2 Å². The lowest BCUT2D eigenvalue weighted by Gasteiger charge is -2.12. The summed E-state index contributed by atoms with van der Waals surface area (Å²) in [5.41, 5.74) is -3.35. The van der Waals surface area contributed by atoms with Crippen LogP contribution >= 0.6 is 0 Å². The van der Waals surface area contributed by atoms with Crippen molar-refractivity contribution in [3.8, 4) is 16.9 Å². The van der Waals surface area contributed by atoms with Gasteiger partial charge in [0.1, 0.15) is 11.6 Å². The zero-order valence-corrected chi connectivity index (χ0v) is 10.6. The van der Waals surface area contributed by atoms with Crippen LogP contribution in [0.4, 0.5) is 30.7 Å². The minimum absolute atomic E-state index is 0.187. The lowest BCUT2D eigenvalue weighted by molar-refractivity contribution is -0.138. The maximum absolute atomic E-state index is 13.8. The largest absolute Gasteiger partial charge is 0.508 e. The Morgan fingerprint density at radius 2 is 1.32 bits per heavy atom. The summed E-state index contributed by atoms with van der Waals surface area (Å²) in [4.78, 5) is 0. The highest BCUT2D eigenvalue weighted by Crippen LogP contribution is 2.37. The predicted octanol–water partition coefficient (Wildman–Crippen LogP) is 5.24. The van der Waals surface area contributed by atoms with Crippen LogP contribution in [0.15, 0.2) is 36.4 Å². The molecule has 2 aromatic carbocycles. The van der Waals surface area contributed by atoms with Gasteiger partial charge in [-0.05, 0) is 35.9 Å². The summed E-state index contributed by atoms with van der Waals surface area (Å²) in [5.74, 6) is -2.11. The van der Waals surface area contributed by atoms with E-state index >= 15 is 0 Å². The maximum Gasteiger partial charge on any atom is 0.416 e. The van der Waals surface area contributed by atoms with Gasteiger partial charge >= 0.3 is 12.4 Å². The Labute approximate surface area is 119 Å². The van der Waals surface area contributed by atoms with Crippen LogP contribution in [0.25, 0.3) is 11.1 Å². The molecule has 2 aromatic rings. The maximum atomic E-state index is 13.8. The van der Waals surface area contributed by atoms with Crippen molar-refractivity contribution in [3.63, 3.8) is 0 Å². The van der Waals surface area contributed by atoms with E-state index in [2.05, 4.69) is 0 Å². The molecular weight excluding hydrogens is 317 g/mol. The van der Waals surface area contributed by atoms with Gasteiger partial charge in [0.05, 0.1) is 11.1 Å². The van der Waals surface area contributed by atoms with E-state index in [9.17, 15) is 35.8 Å². The van der Waals surface area contributed by atoms with E-state index in [1.165, 1.54) is 0 Å². The van der Waals surface area contributed by atoms with E-state index in [1.807, 2.05) is 0 Å². The summed E-state index contributed by atoms with van der Waals surface area (Å²) in [7, 11) is 0. The van der Waals surface area contributed by atoms with Gasteiger partial charge in [-0.3, -0.25) is 0 Å². The molecule has 0 saturated carbocycles. The standard InChI is InChI=1S/C14H7F7O/c15-12-6-8(13(16,17)18)1-2-11(12)7-3-9(14(19,20)21)5-10(22)4-7/h1-6,22H. The molecule has 0 spiro atoms. The zero-order chi connectivity index (χ0) is 16.7. The molecule has 0 aliphatic heterocycles. The summed E-state index contributed by atoms with van der Waals surface area (Å²) < 4.78 is 88.9. The highest BCUT2D eigenvalue weighted by Gasteiger charge is 2.33. The zero-order valence-electron chi connectivity index (χ0n) is 10.6. The number of phenols is 1. The minimum Gasteiger partial charge on any atom is -0.508 e. The molecule has 2 rings (SSSR count). The van der Waals surface area contributed by atoms with E-state index in [0.717, 1.165) is 6.07 Å². The molecule has 0 atom stereocenters. The van der Waals surface area contributed by atoms with Crippen LogP contribution < -0.4 is 0 Å². The monoisotopic (exact) mass is 324 g/mol. The van der Waals surface area contributed by atoms with Gasteiger partial charge in [-0.2, -0.15) is 26.3 Å². The third kappa shape index (κ3) is 3.32. The lowest BCUT2D eigenvalue weighted by atomic mass is 10.00. The molecule has 1 nitrogen and oxygen atoms in total. The van der Waals surface area contributed by atoms with Gasteiger partial charge < -0.3 is 5.11 Å². The molecule has 0 aliphatic rings. The van der Waals surface area contributed by atoms with E-state index in [1.54, 1.807) is 0 Å². The van der Waals surface area contributed by atoms with E-state index < -0.39 is 40.6 Å². The van der Waals surface area contributed by atoms with Crippen LogP contribution in [-0.2, 0) is 12.4 Å². The van der Waals surface area contributed by atoms with Crippen molar-refractivity contribution in [2.75, 3.05) is 0 Å². The molecule has 0 saturated heterocycles. The van der Waals surface area contributed by atoms with Gasteiger partial charge in [-0.15, -0.1) is 0 Å². The van der Waals surface area contributed by atoms with Crippen LogP contribution in [0, 0.1) is 5.82 Å². The molecule has 0 unspecified atom stereocenters. The normalized spacial score (nSPS) is 12.5. The van der Waals surface area contributed by atoms with Crippen molar-refractivity contribution < 1.29 is 35.8 Å². The molecule has 0 fully saturated rings. The van der Waals surface area contributed by atoms with Crippen molar-refractivity contribution in [2.45, 2.75) is 12.4 Å². The Bertz CT molecular complexity index is 701. The number of halogens is 7. The summed E-state index contributed by atoms with van der Waals surface area (Å²) in [6, 6.07) is 3.27. The number of benzene rings is 2. The summed E-state index contributed by atoms with van der Waals surface area (Å²) in [5, 5.41) is 9.29. The van der Waals surface area contributed by atoms with Crippen molar-refractivity contribution in [1.82, 2.24) is 0 Å². The van der Waals surface area contributed by atoms with Gasteiger partial charge in [0.25, 0.3) is 0 Å². The molecule has 8 heteroatoms. The molecule has 1 N–H and O–H groups in total.